The van der Waals surface area contributed by atoms with Crippen molar-refractivity contribution in [2.75, 3.05) is 33.8 Å². The Morgan fingerprint density at radius 1 is 1.28 bits per heavy atom. The van der Waals surface area contributed by atoms with Crippen molar-refractivity contribution >= 4 is 5.91 Å². The second kappa shape index (κ2) is 8.93. The minimum atomic E-state index is -0.279. The van der Waals surface area contributed by atoms with Gasteiger partial charge >= 0.3 is 0 Å². The number of likely N-dealkylation sites (N-methyl/N-ethyl adjacent to an activating group) is 1. The summed E-state index contributed by atoms with van der Waals surface area (Å²) >= 11 is 0. The van der Waals surface area contributed by atoms with Crippen LogP contribution in [-0.2, 0) is 0 Å². The highest BCUT2D eigenvalue weighted by Gasteiger charge is 2.33. The van der Waals surface area contributed by atoms with Gasteiger partial charge in [0.25, 0.3) is 5.91 Å². The SMILES string of the molecule is Cc1ccc(-c2cnc3c(c2)C(=O)N([C@@H](C)CO)C[C@H](C)[C@@H](CN(C)C)O3)cc1. The van der Waals surface area contributed by atoms with Crippen molar-refractivity contribution in [1.82, 2.24) is 14.8 Å². The molecule has 2 aromatic rings. The number of benzene rings is 1. The van der Waals surface area contributed by atoms with Crippen LogP contribution in [0.5, 0.6) is 5.88 Å². The van der Waals surface area contributed by atoms with Gasteiger partial charge in [-0.2, -0.15) is 0 Å². The van der Waals surface area contributed by atoms with Crippen molar-refractivity contribution in [3.8, 4) is 17.0 Å². The first kappa shape index (κ1) is 21.3. The van der Waals surface area contributed by atoms with Gasteiger partial charge in [0.15, 0.2) is 0 Å². The van der Waals surface area contributed by atoms with Crippen LogP contribution in [-0.4, -0.2) is 71.7 Å². The molecule has 1 N–H and O–H groups in total. The molecule has 1 aliphatic heterocycles. The summed E-state index contributed by atoms with van der Waals surface area (Å²) in [5, 5.41) is 9.72. The van der Waals surface area contributed by atoms with Gasteiger partial charge in [0.1, 0.15) is 11.7 Å². The fourth-order valence-corrected chi connectivity index (χ4v) is 3.58. The summed E-state index contributed by atoms with van der Waals surface area (Å²) < 4.78 is 6.24. The van der Waals surface area contributed by atoms with E-state index in [0.717, 1.165) is 17.7 Å². The standard InChI is InChI=1S/C23H31N3O3/c1-15-6-8-18(9-7-15)19-10-20-22(24-11-19)29-21(13-25(4)5)16(2)12-26(23(20)28)17(3)14-27/h6-11,16-17,21,27H,12-14H2,1-5H3/t16-,17-,21+/m0/s1. The number of carbonyl (C=O) groups excluding carboxylic acids is 1. The number of rotatable bonds is 5. The van der Waals surface area contributed by atoms with E-state index in [0.29, 0.717) is 18.0 Å². The number of carbonyl (C=O) groups is 1. The first-order chi connectivity index (χ1) is 13.8. The van der Waals surface area contributed by atoms with Crippen LogP contribution in [0, 0.1) is 12.8 Å². The molecule has 0 radical (unpaired) electrons. The first-order valence-electron chi connectivity index (χ1n) is 10.1. The van der Waals surface area contributed by atoms with Gasteiger partial charge < -0.3 is 19.6 Å². The molecule has 0 spiro atoms. The highest BCUT2D eigenvalue weighted by Crippen LogP contribution is 2.30. The smallest absolute Gasteiger partial charge is 0.259 e. The van der Waals surface area contributed by atoms with Crippen molar-refractivity contribution in [2.45, 2.75) is 32.9 Å². The molecule has 0 fully saturated rings. The van der Waals surface area contributed by atoms with Crippen LogP contribution < -0.4 is 4.74 Å². The molecule has 6 heteroatoms. The normalized spacial score (nSPS) is 20.7. The van der Waals surface area contributed by atoms with Crippen LogP contribution in [0.3, 0.4) is 0 Å². The Labute approximate surface area is 173 Å². The third-order valence-electron chi connectivity index (χ3n) is 5.45. The van der Waals surface area contributed by atoms with Crippen molar-refractivity contribution in [3.05, 3.63) is 47.7 Å². The predicted molar refractivity (Wildman–Crippen MR) is 114 cm³/mol. The molecule has 29 heavy (non-hydrogen) atoms. The Morgan fingerprint density at radius 2 is 1.97 bits per heavy atom. The molecule has 156 valence electrons. The maximum Gasteiger partial charge on any atom is 0.259 e. The van der Waals surface area contributed by atoms with E-state index in [-0.39, 0.29) is 30.6 Å². The van der Waals surface area contributed by atoms with Gasteiger partial charge in [0.2, 0.25) is 5.88 Å². The van der Waals surface area contributed by atoms with Crippen LogP contribution >= 0.6 is 0 Å². The number of aliphatic hydroxyl groups is 1. The number of pyridine rings is 1. The lowest BCUT2D eigenvalue weighted by Gasteiger charge is -2.37. The van der Waals surface area contributed by atoms with E-state index < -0.39 is 0 Å². The van der Waals surface area contributed by atoms with Crippen molar-refractivity contribution in [1.29, 1.82) is 0 Å². The summed E-state index contributed by atoms with van der Waals surface area (Å²) in [5.74, 6) is 0.305. The van der Waals surface area contributed by atoms with Gasteiger partial charge in [0, 0.05) is 30.8 Å². The van der Waals surface area contributed by atoms with E-state index in [9.17, 15) is 9.90 Å². The zero-order valence-corrected chi connectivity index (χ0v) is 17.9. The summed E-state index contributed by atoms with van der Waals surface area (Å²) in [7, 11) is 4.01. The number of ether oxygens (including phenoxy) is 1. The highest BCUT2D eigenvalue weighted by molar-refractivity contribution is 5.98. The highest BCUT2D eigenvalue weighted by atomic mass is 16.5. The van der Waals surface area contributed by atoms with E-state index in [1.165, 1.54) is 5.56 Å². The predicted octanol–water partition coefficient (Wildman–Crippen LogP) is 2.84. The van der Waals surface area contributed by atoms with Gasteiger partial charge in [-0.1, -0.05) is 36.8 Å². The zero-order chi connectivity index (χ0) is 21.1. The average molecular weight is 398 g/mol. The Kier molecular flexibility index (Phi) is 6.55. The van der Waals surface area contributed by atoms with E-state index >= 15 is 0 Å². The molecule has 6 nitrogen and oxygen atoms in total. The third-order valence-corrected chi connectivity index (χ3v) is 5.45. The topological polar surface area (TPSA) is 65.9 Å². The maximum absolute atomic E-state index is 13.4. The number of aromatic nitrogens is 1. The quantitative estimate of drug-likeness (QED) is 0.840. The summed E-state index contributed by atoms with van der Waals surface area (Å²) in [6, 6.07) is 9.71. The molecule has 1 amide bonds. The summed E-state index contributed by atoms with van der Waals surface area (Å²) in [6.45, 7) is 7.14. The maximum atomic E-state index is 13.4. The number of hydrogen-bond acceptors (Lipinski definition) is 5. The monoisotopic (exact) mass is 397 g/mol. The molecule has 0 aliphatic carbocycles. The molecule has 1 aromatic heterocycles. The van der Waals surface area contributed by atoms with Gasteiger partial charge in [-0.3, -0.25) is 4.79 Å². The molecule has 0 saturated heterocycles. The second-order valence-corrected chi connectivity index (χ2v) is 8.33. The van der Waals surface area contributed by atoms with Gasteiger partial charge in [-0.15, -0.1) is 0 Å². The molecule has 0 unspecified atom stereocenters. The minimum Gasteiger partial charge on any atom is -0.472 e. The van der Waals surface area contributed by atoms with Crippen LogP contribution in [0.25, 0.3) is 11.1 Å². The minimum absolute atomic E-state index is 0.0852. The molecule has 3 rings (SSSR count). The van der Waals surface area contributed by atoms with E-state index in [1.54, 1.807) is 11.1 Å². The average Bonchev–Trinajstić information content (AvgIpc) is 2.70. The Hall–Kier alpha value is -2.44. The van der Waals surface area contributed by atoms with Crippen LogP contribution in [0.2, 0.25) is 0 Å². The van der Waals surface area contributed by atoms with E-state index in [2.05, 4.69) is 16.8 Å². The molecule has 3 atom stereocenters. The fourth-order valence-electron chi connectivity index (χ4n) is 3.58. The molecule has 1 aliphatic rings. The van der Waals surface area contributed by atoms with Crippen LogP contribution in [0.1, 0.15) is 29.8 Å². The molecule has 1 aromatic carbocycles. The lowest BCUT2D eigenvalue weighted by atomic mass is 9.99. The van der Waals surface area contributed by atoms with Crippen LogP contribution in [0.15, 0.2) is 36.5 Å². The van der Waals surface area contributed by atoms with Crippen molar-refractivity contribution in [3.63, 3.8) is 0 Å². The van der Waals surface area contributed by atoms with Crippen molar-refractivity contribution in [2.24, 2.45) is 5.92 Å². The van der Waals surface area contributed by atoms with E-state index in [4.69, 9.17) is 4.74 Å². The molecule has 0 saturated carbocycles. The fraction of sp³-hybridized carbons (Fsp3) is 0.478. The van der Waals surface area contributed by atoms with E-state index in [1.807, 2.05) is 58.3 Å². The summed E-state index contributed by atoms with van der Waals surface area (Å²) in [6.07, 6.45) is 1.65. The Bertz CT molecular complexity index is 851. The molecule has 0 bridgehead atoms. The Balaban J connectivity index is 2.06. The summed E-state index contributed by atoms with van der Waals surface area (Å²) in [4.78, 5) is 21.7. The lowest BCUT2D eigenvalue weighted by molar-refractivity contribution is 0.0348. The largest absolute Gasteiger partial charge is 0.472 e. The summed E-state index contributed by atoms with van der Waals surface area (Å²) in [5.41, 5.74) is 3.49. The van der Waals surface area contributed by atoms with Crippen LogP contribution in [0.4, 0.5) is 0 Å². The lowest BCUT2D eigenvalue weighted by Crippen LogP contribution is -2.49. The number of nitrogens with zero attached hydrogens (tertiary/aromatic N) is 3. The number of hydrogen-bond donors (Lipinski definition) is 1. The number of fused-ring (bicyclic) bond motifs is 1. The number of aliphatic hydroxyl groups excluding tert-OH is 1. The number of amides is 1. The van der Waals surface area contributed by atoms with Gasteiger partial charge in [0.05, 0.1) is 12.6 Å². The van der Waals surface area contributed by atoms with Gasteiger partial charge in [-0.05, 0) is 39.6 Å². The van der Waals surface area contributed by atoms with Crippen molar-refractivity contribution < 1.29 is 14.6 Å². The molecule has 2 heterocycles. The number of aryl methyl sites for hydroxylation is 1. The van der Waals surface area contributed by atoms with Gasteiger partial charge in [-0.25, -0.2) is 4.98 Å². The second-order valence-electron chi connectivity index (χ2n) is 8.33. The first-order valence-corrected chi connectivity index (χ1v) is 10.1. The Morgan fingerprint density at radius 3 is 2.59 bits per heavy atom. The third kappa shape index (κ3) is 4.77. The molecular weight excluding hydrogens is 366 g/mol. The molecular formula is C23H31N3O3. The zero-order valence-electron chi connectivity index (χ0n) is 17.9.